The van der Waals surface area contributed by atoms with Gasteiger partial charge in [0.25, 0.3) is 0 Å². The van der Waals surface area contributed by atoms with Gasteiger partial charge in [0.15, 0.2) is 0 Å². The Hall–Kier alpha value is -3.68. The maximum Gasteiger partial charge on any atom is 0.230 e. The van der Waals surface area contributed by atoms with Gasteiger partial charge in [0, 0.05) is 50.1 Å². The summed E-state index contributed by atoms with van der Waals surface area (Å²) in [4.78, 5) is 33.3. The molecule has 0 N–H and O–H groups in total. The first kappa shape index (κ1) is 24.4. The lowest BCUT2D eigenvalue weighted by Gasteiger charge is -2.31. The van der Waals surface area contributed by atoms with E-state index in [0.717, 1.165) is 35.4 Å². The molecule has 0 unspecified atom stereocenters. The highest BCUT2D eigenvalue weighted by atomic mass is 16.5. The first-order valence-electron chi connectivity index (χ1n) is 12.0. The minimum absolute atomic E-state index is 0.0583. The van der Waals surface area contributed by atoms with E-state index in [1.165, 1.54) is 12.5 Å². The summed E-state index contributed by atoms with van der Waals surface area (Å²) in [6, 6.07) is 13.5. The number of likely N-dealkylation sites (tertiary alicyclic amines) is 1. The number of ether oxygens (including phenoxy) is 1. The van der Waals surface area contributed by atoms with Crippen LogP contribution in [0.5, 0.6) is 5.75 Å². The Morgan fingerprint density at radius 3 is 2.43 bits per heavy atom. The van der Waals surface area contributed by atoms with Crippen LogP contribution in [0.4, 0.5) is 5.69 Å². The van der Waals surface area contributed by atoms with E-state index in [2.05, 4.69) is 10.1 Å². The fraction of sp³-hybridized carbons (Fsp3) is 0.407. The molecule has 1 aromatic heterocycles. The normalized spacial score (nSPS) is 14.1. The number of aryl methyl sites for hydroxylation is 2. The molecule has 4 rings (SSSR count). The van der Waals surface area contributed by atoms with Crippen LogP contribution in [0.3, 0.4) is 0 Å². The molecular formula is C27H32N4O4. The number of anilines is 1. The zero-order valence-corrected chi connectivity index (χ0v) is 20.8. The van der Waals surface area contributed by atoms with Gasteiger partial charge in [-0.3, -0.25) is 9.59 Å². The lowest BCUT2D eigenvalue weighted by atomic mass is 9.96. The van der Waals surface area contributed by atoms with Crippen molar-refractivity contribution in [2.45, 2.75) is 46.0 Å². The quantitative estimate of drug-likeness (QED) is 0.498. The number of aromatic nitrogens is 2. The summed E-state index contributed by atoms with van der Waals surface area (Å²) in [6.45, 7) is 7.23. The van der Waals surface area contributed by atoms with Crippen LogP contribution >= 0.6 is 0 Å². The average Bonchev–Trinajstić information content (AvgIpc) is 3.36. The Morgan fingerprint density at radius 1 is 1.09 bits per heavy atom. The minimum Gasteiger partial charge on any atom is -0.497 e. The number of hydrogen-bond donors (Lipinski definition) is 0. The molecule has 2 aromatic carbocycles. The van der Waals surface area contributed by atoms with E-state index in [0.29, 0.717) is 37.8 Å². The first-order chi connectivity index (χ1) is 16.9. The lowest BCUT2D eigenvalue weighted by molar-refractivity contribution is -0.132. The van der Waals surface area contributed by atoms with Gasteiger partial charge in [-0.2, -0.15) is 4.98 Å². The standard InChI is InChI=1S/C27H32N4O4/c1-18-5-8-23(17-19(18)2)31(20(3)32)16-13-25(33)30-14-11-22(12-15-30)27-28-26(29-35-27)21-6-9-24(34-4)10-7-21/h5-10,17,22H,11-16H2,1-4H3. The van der Waals surface area contributed by atoms with Crippen molar-refractivity contribution in [1.29, 1.82) is 0 Å². The van der Waals surface area contributed by atoms with E-state index in [-0.39, 0.29) is 17.7 Å². The second-order valence-corrected chi connectivity index (χ2v) is 9.03. The predicted octanol–water partition coefficient (Wildman–Crippen LogP) is 4.51. The fourth-order valence-corrected chi connectivity index (χ4v) is 4.36. The van der Waals surface area contributed by atoms with Gasteiger partial charge in [0.05, 0.1) is 7.11 Å². The number of carbonyl (C=O) groups excluding carboxylic acids is 2. The Bertz CT molecular complexity index is 1180. The molecule has 0 radical (unpaired) electrons. The van der Waals surface area contributed by atoms with Gasteiger partial charge in [0.2, 0.25) is 23.5 Å². The third-order valence-corrected chi connectivity index (χ3v) is 6.72. The van der Waals surface area contributed by atoms with Gasteiger partial charge < -0.3 is 19.1 Å². The van der Waals surface area contributed by atoms with Gasteiger partial charge in [-0.25, -0.2) is 0 Å². The number of carbonyl (C=O) groups is 2. The number of methoxy groups -OCH3 is 1. The van der Waals surface area contributed by atoms with Crippen molar-refractivity contribution < 1.29 is 18.8 Å². The highest BCUT2D eigenvalue weighted by Gasteiger charge is 2.28. The molecule has 0 spiro atoms. The second-order valence-electron chi connectivity index (χ2n) is 9.03. The molecule has 3 aromatic rings. The highest BCUT2D eigenvalue weighted by Crippen LogP contribution is 2.29. The largest absolute Gasteiger partial charge is 0.497 e. The van der Waals surface area contributed by atoms with Crippen molar-refractivity contribution in [2.24, 2.45) is 0 Å². The summed E-state index contributed by atoms with van der Waals surface area (Å²) in [5.74, 6) is 2.06. The molecular weight excluding hydrogens is 444 g/mol. The molecule has 8 nitrogen and oxygen atoms in total. The van der Waals surface area contributed by atoms with Gasteiger partial charge in [-0.05, 0) is 74.2 Å². The fourth-order valence-electron chi connectivity index (χ4n) is 4.36. The minimum atomic E-state index is -0.0659. The molecule has 2 heterocycles. The molecule has 0 bridgehead atoms. The van der Waals surface area contributed by atoms with Gasteiger partial charge >= 0.3 is 0 Å². The third-order valence-electron chi connectivity index (χ3n) is 6.72. The number of piperidine rings is 1. The van der Waals surface area contributed by atoms with E-state index in [1.54, 1.807) is 12.0 Å². The highest BCUT2D eigenvalue weighted by molar-refractivity contribution is 5.92. The summed E-state index contributed by atoms with van der Waals surface area (Å²) in [5, 5.41) is 4.13. The van der Waals surface area contributed by atoms with Crippen LogP contribution in [0.15, 0.2) is 47.0 Å². The van der Waals surface area contributed by atoms with Crippen LogP contribution in [0.25, 0.3) is 11.4 Å². The number of hydrogen-bond acceptors (Lipinski definition) is 6. The molecule has 8 heteroatoms. The predicted molar refractivity (Wildman–Crippen MR) is 133 cm³/mol. The third kappa shape index (κ3) is 5.70. The summed E-state index contributed by atoms with van der Waals surface area (Å²) in [7, 11) is 1.63. The van der Waals surface area contributed by atoms with Crippen LogP contribution in [0.2, 0.25) is 0 Å². The summed E-state index contributed by atoms with van der Waals surface area (Å²) < 4.78 is 10.7. The van der Waals surface area contributed by atoms with Gasteiger partial charge in [-0.1, -0.05) is 11.2 Å². The SMILES string of the molecule is COc1ccc(-c2noc(C3CCN(C(=O)CCN(C(C)=O)c4ccc(C)c(C)c4)CC3)n2)cc1. The second kappa shape index (κ2) is 10.7. The van der Waals surface area contributed by atoms with Crippen molar-refractivity contribution >= 4 is 17.5 Å². The Kier molecular flexibility index (Phi) is 7.48. The van der Waals surface area contributed by atoms with Gasteiger partial charge in [0.1, 0.15) is 5.75 Å². The summed E-state index contributed by atoms with van der Waals surface area (Å²) in [5.41, 5.74) is 4.00. The topological polar surface area (TPSA) is 88.8 Å². The van der Waals surface area contributed by atoms with E-state index >= 15 is 0 Å². The molecule has 1 aliphatic heterocycles. The van der Waals surface area contributed by atoms with E-state index < -0.39 is 0 Å². The summed E-state index contributed by atoms with van der Waals surface area (Å²) in [6.07, 6.45) is 1.83. The van der Waals surface area contributed by atoms with Crippen molar-refractivity contribution in [3.63, 3.8) is 0 Å². The van der Waals surface area contributed by atoms with Crippen LogP contribution in [-0.2, 0) is 9.59 Å². The maximum atomic E-state index is 12.9. The molecule has 184 valence electrons. The smallest absolute Gasteiger partial charge is 0.230 e. The van der Waals surface area contributed by atoms with Gasteiger partial charge in [-0.15, -0.1) is 0 Å². The van der Waals surface area contributed by atoms with Crippen molar-refractivity contribution in [3.05, 3.63) is 59.5 Å². The number of amides is 2. The van der Waals surface area contributed by atoms with Crippen LogP contribution in [-0.4, -0.2) is 53.6 Å². The Labute approximate surface area is 205 Å². The van der Waals surface area contributed by atoms with Crippen LogP contribution in [0, 0.1) is 13.8 Å². The number of nitrogens with zero attached hydrogens (tertiary/aromatic N) is 4. The molecule has 0 saturated carbocycles. The Morgan fingerprint density at radius 2 is 1.80 bits per heavy atom. The molecule has 1 saturated heterocycles. The molecule has 35 heavy (non-hydrogen) atoms. The monoisotopic (exact) mass is 476 g/mol. The van der Waals surface area contributed by atoms with Crippen molar-refractivity contribution in [2.75, 3.05) is 31.6 Å². The van der Waals surface area contributed by atoms with Crippen molar-refractivity contribution in [3.8, 4) is 17.1 Å². The molecule has 0 aliphatic carbocycles. The number of rotatable bonds is 7. The molecule has 1 fully saturated rings. The first-order valence-corrected chi connectivity index (χ1v) is 12.0. The van der Waals surface area contributed by atoms with E-state index in [4.69, 9.17) is 9.26 Å². The van der Waals surface area contributed by atoms with Crippen LogP contribution < -0.4 is 9.64 Å². The molecule has 0 atom stereocenters. The molecule has 1 aliphatic rings. The molecule has 2 amide bonds. The Balaban J connectivity index is 1.31. The zero-order valence-electron chi connectivity index (χ0n) is 20.8. The van der Waals surface area contributed by atoms with Crippen LogP contribution in [0.1, 0.15) is 49.1 Å². The number of benzene rings is 2. The van der Waals surface area contributed by atoms with E-state index in [1.807, 2.05) is 61.2 Å². The lowest BCUT2D eigenvalue weighted by Crippen LogP contribution is -2.40. The summed E-state index contributed by atoms with van der Waals surface area (Å²) >= 11 is 0. The van der Waals surface area contributed by atoms with Crippen molar-refractivity contribution in [1.82, 2.24) is 15.0 Å². The average molecular weight is 477 g/mol. The maximum absolute atomic E-state index is 12.9. The van der Waals surface area contributed by atoms with E-state index in [9.17, 15) is 9.59 Å². The zero-order chi connectivity index (χ0) is 24.9.